The number of hydrogen-bond acceptors (Lipinski definition) is 2. The molecular formula is C15H19N3. The molecule has 0 aliphatic heterocycles. The Morgan fingerprint density at radius 1 is 1.33 bits per heavy atom. The summed E-state index contributed by atoms with van der Waals surface area (Å²) in [5.41, 5.74) is 2.16. The van der Waals surface area contributed by atoms with Gasteiger partial charge in [0.1, 0.15) is 0 Å². The molecule has 3 nitrogen and oxygen atoms in total. The molecule has 0 spiro atoms. The molecule has 0 bridgehead atoms. The van der Waals surface area contributed by atoms with Crippen molar-refractivity contribution in [3.05, 3.63) is 60.9 Å². The van der Waals surface area contributed by atoms with E-state index in [0.717, 1.165) is 24.2 Å². The van der Waals surface area contributed by atoms with Gasteiger partial charge in [-0.2, -0.15) is 5.10 Å². The Labute approximate surface area is 108 Å². The SMILES string of the molecule is C=CCCC(NC)c1ccn(-c2ccccc2)n1. The Morgan fingerprint density at radius 2 is 2.11 bits per heavy atom. The largest absolute Gasteiger partial charge is 0.312 e. The highest BCUT2D eigenvalue weighted by molar-refractivity contribution is 5.30. The van der Waals surface area contributed by atoms with Crippen LogP contribution in [0.1, 0.15) is 24.6 Å². The summed E-state index contributed by atoms with van der Waals surface area (Å²) in [6.07, 6.45) is 5.96. The van der Waals surface area contributed by atoms with Gasteiger partial charge < -0.3 is 5.32 Å². The van der Waals surface area contributed by atoms with Gasteiger partial charge in [0.15, 0.2) is 0 Å². The minimum atomic E-state index is 0.285. The van der Waals surface area contributed by atoms with Gasteiger partial charge in [0.2, 0.25) is 0 Å². The topological polar surface area (TPSA) is 29.9 Å². The van der Waals surface area contributed by atoms with E-state index in [1.807, 2.05) is 42.2 Å². The van der Waals surface area contributed by atoms with E-state index in [9.17, 15) is 0 Å². The number of benzene rings is 1. The van der Waals surface area contributed by atoms with Crippen molar-refractivity contribution >= 4 is 0 Å². The highest BCUT2D eigenvalue weighted by atomic mass is 15.3. The lowest BCUT2D eigenvalue weighted by Gasteiger charge is -2.12. The summed E-state index contributed by atoms with van der Waals surface area (Å²) in [6, 6.07) is 12.5. The van der Waals surface area contributed by atoms with E-state index in [1.54, 1.807) is 0 Å². The summed E-state index contributed by atoms with van der Waals surface area (Å²) in [6.45, 7) is 3.76. The second kappa shape index (κ2) is 6.17. The van der Waals surface area contributed by atoms with E-state index in [4.69, 9.17) is 0 Å². The van der Waals surface area contributed by atoms with Crippen LogP contribution in [0.4, 0.5) is 0 Å². The molecule has 1 heterocycles. The van der Waals surface area contributed by atoms with Crippen molar-refractivity contribution < 1.29 is 0 Å². The molecule has 1 aromatic heterocycles. The zero-order chi connectivity index (χ0) is 12.8. The van der Waals surface area contributed by atoms with Crippen molar-refractivity contribution in [1.82, 2.24) is 15.1 Å². The highest BCUT2D eigenvalue weighted by Crippen LogP contribution is 2.17. The Morgan fingerprint density at radius 3 is 2.78 bits per heavy atom. The third-order valence-corrected chi connectivity index (χ3v) is 3.00. The van der Waals surface area contributed by atoms with Gasteiger partial charge in [0.05, 0.1) is 17.4 Å². The van der Waals surface area contributed by atoms with Gasteiger partial charge in [-0.25, -0.2) is 4.68 Å². The Bertz CT molecular complexity index is 487. The third-order valence-electron chi connectivity index (χ3n) is 3.00. The fourth-order valence-corrected chi connectivity index (χ4v) is 1.97. The van der Waals surface area contributed by atoms with Crippen LogP contribution < -0.4 is 5.32 Å². The van der Waals surface area contributed by atoms with Gasteiger partial charge in [-0.15, -0.1) is 6.58 Å². The fraction of sp³-hybridized carbons (Fsp3) is 0.267. The van der Waals surface area contributed by atoms with Gasteiger partial charge in [0, 0.05) is 6.20 Å². The van der Waals surface area contributed by atoms with Gasteiger partial charge in [-0.1, -0.05) is 24.3 Å². The standard InChI is InChI=1S/C15H19N3/c1-3-4-10-14(16-2)15-11-12-18(17-15)13-8-6-5-7-9-13/h3,5-9,11-12,14,16H,1,4,10H2,2H3. The van der Waals surface area contributed by atoms with E-state index in [1.165, 1.54) is 0 Å². The molecular weight excluding hydrogens is 222 g/mol. The van der Waals surface area contributed by atoms with Crippen molar-refractivity contribution in [2.24, 2.45) is 0 Å². The summed E-state index contributed by atoms with van der Waals surface area (Å²) in [7, 11) is 1.97. The monoisotopic (exact) mass is 241 g/mol. The fourth-order valence-electron chi connectivity index (χ4n) is 1.97. The van der Waals surface area contributed by atoms with Crippen molar-refractivity contribution in [3.8, 4) is 5.69 Å². The maximum Gasteiger partial charge on any atom is 0.0798 e. The minimum absolute atomic E-state index is 0.285. The van der Waals surface area contributed by atoms with Gasteiger partial charge in [-0.3, -0.25) is 0 Å². The zero-order valence-corrected chi connectivity index (χ0v) is 10.7. The maximum atomic E-state index is 4.62. The second-order valence-electron chi connectivity index (χ2n) is 4.23. The molecule has 2 rings (SSSR count). The van der Waals surface area contributed by atoms with Crippen LogP contribution in [0.3, 0.4) is 0 Å². The number of nitrogens with one attached hydrogen (secondary N) is 1. The van der Waals surface area contributed by atoms with E-state index >= 15 is 0 Å². The molecule has 0 fully saturated rings. The third kappa shape index (κ3) is 2.87. The molecule has 0 saturated carbocycles. The molecule has 1 atom stereocenters. The summed E-state index contributed by atoms with van der Waals surface area (Å²) >= 11 is 0. The lowest BCUT2D eigenvalue weighted by molar-refractivity contribution is 0.536. The lowest BCUT2D eigenvalue weighted by atomic mass is 10.1. The quantitative estimate of drug-likeness (QED) is 0.788. The Hall–Kier alpha value is -1.87. The molecule has 0 saturated heterocycles. The average Bonchev–Trinajstić information content (AvgIpc) is 2.90. The van der Waals surface area contributed by atoms with E-state index in [2.05, 4.69) is 35.2 Å². The van der Waals surface area contributed by atoms with Crippen molar-refractivity contribution in [1.29, 1.82) is 0 Å². The van der Waals surface area contributed by atoms with Crippen LogP contribution in [-0.4, -0.2) is 16.8 Å². The van der Waals surface area contributed by atoms with Crippen LogP contribution >= 0.6 is 0 Å². The van der Waals surface area contributed by atoms with Crippen LogP contribution in [-0.2, 0) is 0 Å². The van der Waals surface area contributed by atoms with Crippen LogP contribution in [0.15, 0.2) is 55.3 Å². The van der Waals surface area contributed by atoms with Crippen LogP contribution in [0.5, 0.6) is 0 Å². The molecule has 18 heavy (non-hydrogen) atoms. The molecule has 0 radical (unpaired) electrons. The minimum Gasteiger partial charge on any atom is -0.312 e. The average molecular weight is 241 g/mol. The number of nitrogens with zero attached hydrogens (tertiary/aromatic N) is 2. The molecule has 1 unspecified atom stereocenters. The predicted molar refractivity (Wildman–Crippen MR) is 74.8 cm³/mol. The van der Waals surface area contributed by atoms with Crippen molar-refractivity contribution in [2.75, 3.05) is 7.05 Å². The molecule has 0 aliphatic rings. The Balaban J connectivity index is 2.16. The highest BCUT2D eigenvalue weighted by Gasteiger charge is 2.11. The molecule has 0 aliphatic carbocycles. The molecule has 0 amide bonds. The second-order valence-corrected chi connectivity index (χ2v) is 4.23. The first-order chi connectivity index (χ1) is 8.85. The van der Waals surface area contributed by atoms with Gasteiger partial charge in [0.25, 0.3) is 0 Å². The summed E-state index contributed by atoms with van der Waals surface area (Å²) in [4.78, 5) is 0. The Kier molecular flexibility index (Phi) is 4.31. The number of para-hydroxylation sites is 1. The molecule has 2 aromatic rings. The van der Waals surface area contributed by atoms with E-state index in [-0.39, 0.29) is 6.04 Å². The lowest BCUT2D eigenvalue weighted by Crippen LogP contribution is -2.17. The number of rotatable bonds is 6. The molecule has 1 aromatic carbocycles. The zero-order valence-electron chi connectivity index (χ0n) is 10.7. The van der Waals surface area contributed by atoms with Crippen LogP contribution in [0.2, 0.25) is 0 Å². The first kappa shape index (κ1) is 12.6. The van der Waals surface area contributed by atoms with Crippen molar-refractivity contribution in [3.63, 3.8) is 0 Å². The van der Waals surface area contributed by atoms with Gasteiger partial charge in [-0.05, 0) is 38.1 Å². The predicted octanol–water partition coefficient (Wildman–Crippen LogP) is 3.10. The van der Waals surface area contributed by atoms with E-state index in [0.29, 0.717) is 0 Å². The summed E-state index contributed by atoms with van der Waals surface area (Å²) in [5.74, 6) is 0. The molecule has 3 heteroatoms. The maximum absolute atomic E-state index is 4.62. The molecule has 1 N–H and O–H groups in total. The smallest absolute Gasteiger partial charge is 0.0798 e. The van der Waals surface area contributed by atoms with Crippen molar-refractivity contribution in [2.45, 2.75) is 18.9 Å². The van der Waals surface area contributed by atoms with Crippen LogP contribution in [0, 0.1) is 0 Å². The summed E-state index contributed by atoms with van der Waals surface area (Å²) in [5, 5.41) is 7.92. The number of allylic oxidation sites excluding steroid dienone is 1. The number of hydrogen-bond donors (Lipinski definition) is 1. The first-order valence-electron chi connectivity index (χ1n) is 6.24. The van der Waals surface area contributed by atoms with E-state index < -0.39 is 0 Å². The summed E-state index contributed by atoms with van der Waals surface area (Å²) < 4.78 is 1.91. The normalized spacial score (nSPS) is 12.3. The van der Waals surface area contributed by atoms with Gasteiger partial charge >= 0.3 is 0 Å². The van der Waals surface area contributed by atoms with Crippen LogP contribution in [0.25, 0.3) is 5.69 Å². The number of aromatic nitrogens is 2. The first-order valence-corrected chi connectivity index (χ1v) is 6.24. The molecule has 94 valence electrons.